The number of hydrogen-bond donors (Lipinski definition) is 1. The summed E-state index contributed by atoms with van der Waals surface area (Å²) in [6.45, 7) is 0. The summed E-state index contributed by atoms with van der Waals surface area (Å²) >= 11 is 0. The average molecular weight is 150 g/mol. The summed E-state index contributed by atoms with van der Waals surface area (Å²) in [6.07, 6.45) is 3.83. The van der Waals surface area contributed by atoms with Gasteiger partial charge in [-0.05, 0) is 35.8 Å². The molecule has 2 heteroatoms. The summed E-state index contributed by atoms with van der Waals surface area (Å²) in [7, 11) is 0. The maximum Gasteiger partial charge on any atom is 0.314 e. The molecule has 0 spiro atoms. The lowest BCUT2D eigenvalue weighted by molar-refractivity contribution is -0.137. The van der Waals surface area contributed by atoms with Crippen LogP contribution < -0.4 is 0 Å². The Kier molecular flexibility index (Phi) is 0.803. The van der Waals surface area contributed by atoms with E-state index in [0.717, 1.165) is 0 Å². The van der Waals surface area contributed by atoms with Crippen molar-refractivity contribution in [1.29, 1.82) is 0 Å². The Morgan fingerprint density at radius 3 is 2.27 bits per heavy atom. The molecule has 3 rings (SSSR count). The SMILES string of the molecule is O=C(O)C1C2=C1C1CCCC21. The van der Waals surface area contributed by atoms with Gasteiger partial charge in [0.2, 0.25) is 0 Å². The molecule has 2 atom stereocenters. The van der Waals surface area contributed by atoms with Gasteiger partial charge >= 0.3 is 5.97 Å². The number of carboxylic acid groups (broad SMARTS) is 1. The molecule has 3 aliphatic rings. The molecular weight excluding hydrogens is 140 g/mol. The molecule has 3 aliphatic carbocycles. The Morgan fingerprint density at radius 1 is 1.27 bits per heavy atom. The summed E-state index contributed by atoms with van der Waals surface area (Å²) < 4.78 is 0. The van der Waals surface area contributed by atoms with Crippen molar-refractivity contribution in [2.24, 2.45) is 17.8 Å². The maximum atomic E-state index is 10.6. The Labute approximate surface area is 64.9 Å². The first-order chi connectivity index (χ1) is 5.30. The lowest BCUT2D eigenvalue weighted by Gasteiger charge is -2.18. The van der Waals surface area contributed by atoms with Crippen molar-refractivity contribution in [3.63, 3.8) is 0 Å². The van der Waals surface area contributed by atoms with Gasteiger partial charge in [0.25, 0.3) is 0 Å². The van der Waals surface area contributed by atoms with Crippen molar-refractivity contribution in [2.45, 2.75) is 19.3 Å². The minimum absolute atomic E-state index is 0.0923. The highest BCUT2D eigenvalue weighted by molar-refractivity contribution is 5.87. The Balaban J connectivity index is 1.84. The van der Waals surface area contributed by atoms with Crippen LogP contribution in [-0.2, 0) is 4.79 Å². The number of fused-ring (bicyclic) bond motifs is 3. The zero-order valence-corrected chi connectivity index (χ0v) is 6.21. The number of carboxylic acids is 1. The zero-order chi connectivity index (χ0) is 7.59. The minimum Gasteiger partial charge on any atom is -0.481 e. The highest BCUT2D eigenvalue weighted by atomic mass is 16.4. The molecule has 1 fully saturated rings. The van der Waals surface area contributed by atoms with Crippen LogP contribution in [0, 0.1) is 17.8 Å². The lowest BCUT2D eigenvalue weighted by Crippen LogP contribution is -2.09. The van der Waals surface area contributed by atoms with E-state index < -0.39 is 5.97 Å². The van der Waals surface area contributed by atoms with Crippen LogP contribution in [0.5, 0.6) is 0 Å². The Bertz CT molecular complexity index is 257. The first-order valence-electron chi connectivity index (χ1n) is 4.27. The van der Waals surface area contributed by atoms with Crippen molar-refractivity contribution >= 4 is 5.97 Å². The molecule has 0 saturated heterocycles. The molecule has 2 nitrogen and oxygen atoms in total. The van der Waals surface area contributed by atoms with E-state index in [9.17, 15) is 4.79 Å². The predicted molar refractivity (Wildman–Crippen MR) is 39.0 cm³/mol. The van der Waals surface area contributed by atoms with Crippen molar-refractivity contribution in [2.75, 3.05) is 0 Å². The standard InChI is InChI=1S/C9H10O2/c10-9(11)8-6-4-2-1-3-5(4)7(6)8/h4-5,8H,1-3H2,(H,10,11). The average Bonchev–Trinajstić information content (AvgIpc) is 2.46. The minimum atomic E-state index is -0.607. The highest BCUT2D eigenvalue weighted by Gasteiger charge is 2.61. The van der Waals surface area contributed by atoms with Gasteiger partial charge in [0.15, 0.2) is 0 Å². The van der Waals surface area contributed by atoms with E-state index in [2.05, 4.69) is 0 Å². The number of hydrogen-bond acceptors (Lipinski definition) is 1. The van der Waals surface area contributed by atoms with Crippen LogP contribution in [0.2, 0.25) is 0 Å². The van der Waals surface area contributed by atoms with Gasteiger partial charge in [0.1, 0.15) is 0 Å². The molecule has 0 bridgehead atoms. The first-order valence-corrected chi connectivity index (χ1v) is 4.27. The normalized spacial score (nSPS) is 44.5. The summed E-state index contributed by atoms with van der Waals surface area (Å²) in [5.41, 5.74) is 2.61. The molecule has 2 unspecified atom stereocenters. The highest BCUT2D eigenvalue weighted by Crippen LogP contribution is 2.67. The summed E-state index contributed by atoms with van der Waals surface area (Å²) in [5, 5.41) is 8.75. The van der Waals surface area contributed by atoms with Crippen LogP contribution in [0.1, 0.15) is 19.3 Å². The summed E-state index contributed by atoms with van der Waals surface area (Å²) in [6, 6.07) is 0. The molecule has 0 aliphatic heterocycles. The van der Waals surface area contributed by atoms with Crippen LogP contribution in [0.25, 0.3) is 0 Å². The van der Waals surface area contributed by atoms with E-state index in [4.69, 9.17) is 5.11 Å². The molecule has 0 aromatic carbocycles. The second-order valence-electron chi connectivity index (χ2n) is 3.83. The quantitative estimate of drug-likeness (QED) is 0.574. The fourth-order valence-electron chi connectivity index (χ4n) is 2.99. The summed E-state index contributed by atoms with van der Waals surface area (Å²) in [4.78, 5) is 10.6. The molecule has 11 heavy (non-hydrogen) atoms. The molecule has 0 heterocycles. The van der Waals surface area contributed by atoms with Gasteiger partial charge in [-0.15, -0.1) is 0 Å². The molecular formula is C9H10O2. The molecule has 1 saturated carbocycles. The lowest BCUT2D eigenvalue weighted by atomic mass is 9.86. The smallest absolute Gasteiger partial charge is 0.314 e. The van der Waals surface area contributed by atoms with E-state index in [1.165, 1.54) is 30.4 Å². The van der Waals surface area contributed by atoms with Crippen molar-refractivity contribution < 1.29 is 9.90 Å². The molecule has 58 valence electrons. The van der Waals surface area contributed by atoms with Crippen LogP contribution >= 0.6 is 0 Å². The number of aliphatic carboxylic acids is 1. The molecule has 0 amide bonds. The third kappa shape index (κ3) is 0.492. The number of rotatable bonds is 1. The fraction of sp³-hybridized carbons (Fsp3) is 0.667. The Hall–Kier alpha value is -0.790. The van der Waals surface area contributed by atoms with Crippen LogP contribution in [0.4, 0.5) is 0 Å². The van der Waals surface area contributed by atoms with Crippen molar-refractivity contribution in [3.8, 4) is 0 Å². The third-order valence-electron chi connectivity index (χ3n) is 3.43. The van der Waals surface area contributed by atoms with Crippen LogP contribution in [-0.4, -0.2) is 11.1 Å². The predicted octanol–water partition coefficient (Wildman–Crippen LogP) is 1.43. The zero-order valence-electron chi connectivity index (χ0n) is 6.21. The van der Waals surface area contributed by atoms with Crippen LogP contribution in [0.3, 0.4) is 0 Å². The molecule has 0 aromatic heterocycles. The van der Waals surface area contributed by atoms with Crippen molar-refractivity contribution in [1.82, 2.24) is 0 Å². The Morgan fingerprint density at radius 2 is 1.82 bits per heavy atom. The van der Waals surface area contributed by atoms with Gasteiger partial charge in [-0.25, -0.2) is 0 Å². The second-order valence-corrected chi connectivity index (χ2v) is 3.83. The van der Waals surface area contributed by atoms with Gasteiger partial charge in [0.05, 0.1) is 5.92 Å². The molecule has 0 aromatic rings. The maximum absolute atomic E-state index is 10.6. The first kappa shape index (κ1) is 5.81. The number of carbonyl (C=O) groups is 1. The van der Waals surface area contributed by atoms with E-state index in [1.807, 2.05) is 0 Å². The largest absolute Gasteiger partial charge is 0.481 e. The van der Waals surface area contributed by atoms with Gasteiger partial charge < -0.3 is 5.11 Å². The van der Waals surface area contributed by atoms with E-state index >= 15 is 0 Å². The van der Waals surface area contributed by atoms with Crippen molar-refractivity contribution in [3.05, 3.63) is 11.1 Å². The third-order valence-corrected chi connectivity index (χ3v) is 3.43. The van der Waals surface area contributed by atoms with Crippen LogP contribution in [0.15, 0.2) is 11.1 Å². The van der Waals surface area contributed by atoms with E-state index in [-0.39, 0.29) is 5.92 Å². The second kappa shape index (κ2) is 1.52. The van der Waals surface area contributed by atoms with Gasteiger partial charge in [-0.1, -0.05) is 6.42 Å². The van der Waals surface area contributed by atoms with E-state index in [1.54, 1.807) is 0 Å². The summed E-state index contributed by atoms with van der Waals surface area (Å²) in [5.74, 6) is 0.701. The van der Waals surface area contributed by atoms with Gasteiger partial charge in [-0.3, -0.25) is 4.79 Å². The molecule has 0 radical (unpaired) electrons. The topological polar surface area (TPSA) is 37.3 Å². The van der Waals surface area contributed by atoms with Gasteiger partial charge in [-0.2, -0.15) is 0 Å². The fourth-order valence-corrected chi connectivity index (χ4v) is 2.99. The van der Waals surface area contributed by atoms with Gasteiger partial charge in [0, 0.05) is 0 Å². The monoisotopic (exact) mass is 150 g/mol. The van der Waals surface area contributed by atoms with E-state index in [0.29, 0.717) is 11.8 Å². The molecule has 1 N–H and O–H groups in total.